The summed E-state index contributed by atoms with van der Waals surface area (Å²) in [4.78, 5) is 0. The van der Waals surface area contributed by atoms with E-state index < -0.39 is 0 Å². The maximum absolute atomic E-state index is 5.49. The number of hydrogen-bond acceptors (Lipinski definition) is 2. The van der Waals surface area contributed by atoms with Gasteiger partial charge >= 0.3 is 0 Å². The third-order valence-corrected chi connectivity index (χ3v) is 3.34. The lowest BCUT2D eigenvalue weighted by atomic mass is 10.0. The molecule has 2 aromatic carbocycles. The molecule has 1 saturated heterocycles. The van der Waals surface area contributed by atoms with E-state index in [1.807, 2.05) is 6.07 Å². The van der Waals surface area contributed by atoms with E-state index in [1.54, 1.807) is 0 Å². The van der Waals surface area contributed by atoms with Crippen LogP contribution in [0, 0.1) is 0 Å². The first kappa shape index (κ1) is 14.1. The second-order valence-corrected chi connectivity index (χ2v) is 4.57. The fourth-order valence-corrected chi connectivity index (χ4v) is 2.32. The minimum atomic E-state index is 0. The zero-order valence-corrected chi connectivity index (χ0v) is 11.5. The maximum Gasteiger partial charge on any atom is 0.0662 e. The van der Waals surface area contributed by atoms with E-state index >= 15 is 0 Å². The van der Waals surface area contributed by atoms with Gasteiger partial charge in [-0.05, 0) is 16.7 Å². The predicted octanol–water partition coefficient (Wildman–Crippen LogP) is 3.44. The highest BCUT2D eigenvalue weighted by Crippen LogP contribution is 2.22. The maximum atomic E-state index is 5.49. The van der Waals surface area contributed by atoms with Crippen LogP contribution in [0.1, 0.15) is 11.6 Å². The van der Waals surface area contributed by atoms with Crippen molar-refractivity contribution in [2.45, 2.75) is 6.04 Å². The Balaban J connectivity index is 0.00000133. The molecule has 1 aliphatic heterocycles. The van der Waals surface area contributed by atoms with Crippen LogP contribution in [0.3, 0.4) is 0 Å². The summed E-state index contributed by atoms with van der Waals surface area (Å²) in [6.45, 7) is 2.52. The van der Waals surface area contributed by atoms with Gasteiger partial charge in [-0.25, -0.2) is 0 Å². The lowest BCUT2D eigenvalue weighted by Crippen LogP contribution is -2.34. The first-order valence-corrected chi connectivity index (χ1v) is 6.40. The molecule has 1 aliphatic rings. The van der Waals surface area contributed by atoms with Crippen LogP contribution in [0.25, 0.3) is 11.1 Å². The summed E-state index contributed by atoms with van der Waals surface area (Å²) in [6, 6.07) is 19.5. The molecular formula is C16H18ClNO. The zero-order chi connectivity index (χ0) is 12.2. The van der Waals surface area contributed by atoms with E-state index in [2.05, 4.69) is 53.8 Å². The Labute approximate surface area is 120 Å². The Bertz CT molecular complexity index is 492. The van der Waals surface area contributed by atoms with Crippen molar-refractivity contribution in [2.24, 2.45) is 0 Å². The summed E-state index contributed by atoms with van der Waals surface area (Å²) in [5, 5.41) is 3.47. The largest absolute Gasteiger partial charge is 0.378 e. The third-order valence-electron chi connectivity index (χ3n) is 3.34. The third kappa shape index (κ3) is 3.35. The van der Waals surface area contributed by atoms with Gasteiger partial charge in [0.2, 0.25) is 0 Å². The highest BCUT2D eigenvalue weighted by molar-refractivity contribution is 5.85. The fraction of sp³-hybridized carbons (Fsp3) is 0.250. The topological polar surface area (TPSA) is 21.3 Å². The average Bonchev–Trinajstić information content (AvgIpc) is 2.49. The van der Waals surface area contributed by atoms with Gasteiger partial charge in [-0.1, -0.05) is 54.6 Å². The van der Waals surface area contributed by atoms with Crippen molar-refractivity contribution in [1.82, 2.24) is 5.32 Å². The van der Waals surface area contributed by atoms with Crippen molar-refractivity contribution in [3.05, 3.63) is 60.2 Å². The number of ether oxygens (including phenoxy) is 1. The molecule has 100 valence electrons. The zero-order valence-electron chi connectivity index (χ0n) is 10.7. The monoisotopic (exact) mass is 275 g/mol. The molecular weight excluding hydrogens is 258 g/mol. The number of benzene rings is 2. The van der Waals surface area contributed by atoms with Crippen LogP contribution in [0.15, 0.2) is 54.6 Å². The van der Waals surface area contributed by atoms with Crippen LogP contribution in [0.5, 0.6) is 0 Å². The molecule has 1 N–H and O–H groups in total. The molecule has 0 saturated carbocycles. The molecule has 19 heavy (non-hydrogen) atoms. The summed E-state index contributed by atoms with van der Waals surface area (Å²) in [5.41, 5.74) is 3.82. The van der Waals surface area contributed by atoms with Gasteiger partial charge in [0, 0.05) is 6.54 Å². The Morgan fingerprint density at radius 3 is 2.21 bits per heavy atom. The molecule has 0 aromatic heterocycles. The fourth-order valence-electron chi connectivity index (χ4n) is 2.32. The molecule has 0 aliphatic carbocycles. The van der Waals surface area contributed by atoms with E-state index in [0.29, 0.717) is 6.04 Å². The number of nitrogens with one attached hydrogen (secondary N) is 1. The molecule has 3 heteroatoms. The van der Waals surface area contributed by atoms with Gasteiger partial charge in [-0.2, -0.15) is 0 Å². The van der Waals surface area contributed by atoms with Crippen LogP contribution in [0.4, 0.5) is 0 Å². The Hall–Kier alpha value is -1.35. The van der Waals surface area contributed by atoms with Crippen molar-refractivity contribution in [3.63, 3.8) is 0 Å². The van der Waals surface area contributed by atoms with Gasteiger partial charge < -0.3 is 10.1 Å². The summed E-state index contributed by atoms with van der Waals surface area (Å²) in [7, 11) is 0. The highest BCUT2D eigenvalue weighted by Gasteiger charge is 2.14. The Morgan fingerprint density at radius 2 is 1.58 bits per heavy atom. The number of hydrogen-bond donors (Lipinski definition) is 1. The number of rotatable bonds is 2. The first-order valence-electron chi connectivity index (χ1n) is 6.40. The molecule has 0 spiro atoms. The molecule has 0 amide bonds. The minimum absolute atomic E-state index is 0. The van der Waals surface area contributed by atoms with Crippen LogP contribution in [-0.4, -0.2) is 19.8 Å². The molecule has 0 bridgehead atoms. The summed E-state index contributed by atoms with van der Waals surface area (Å²) in [6.07, 6.45) is 0. The van der Waals surface area contributed by atoms with Crippen LogP contribution in [0.2, 0.25) is 0 Å². The molecule has 2 nitrogen and oxygen atoms in total. The van der Waals surface area contributed by atoms with Crippen LogP contribution in [-0.2, 0) is 4.74 Å². The lowest BCUT2D eigenvalue weighted by molar-refractivity contribution is 0.0769. The van der Waals surface area contributed by atoms with Crippen LogP contribution >= 0.6 is 12.4 Å². The smallest absolute Gasteiger partial charge is 0.0662 e. The molecule has 3 rings (SSSR count). The molecule has 1 heterocycles. The molecule has 1 fully saturated rings. The normalized spacial score (nSPS) is 18.6. The van der Waals surface area contributed by atoms with Crippen LogP contribution < -0.4 is 5.32 Å². The van der Waals surface area contributed by atoms with E-state index in [1.165, 1.54) is 16.7 Å². The van der Waals surface area contributed by atoms with Crippen molar-refractivity contribution >= 4 is 12.4 Å². The van der Waals surface area contributed by atoms with E-state index in [9.17, 15) is 0 Å². The predicted molar refractivity (Wildman–Crippen MR) is 80.7 cm³/mol. The van der Waals surface area contributed by atoms with Crippen molar-refractivity contribution < 1.29 is 4.74 Å². The van der Waals surface area contributed by atoms with E-state index in [0.717, 1.165) is 19.8 Å². The second kappa shape index (κ2) is 6.71. The van der Waals surface area contributed by atoms with Gasteiger partial charge in [0.25, 0.3) is 0 Å². The van der Waals surface area contributed by atoms with Gasteiger partial charge in [0.1, 0.15) is 0 Å². The number of morpholine rings is 1. The van der Waals surface area contributed by atoms with Crippen molar-refractivity contribution in [3.8, 4) is 11.1 Å². The number of halogens is 1. The summed E-state index contributed by atoms with van der Waals surface area (Å²) < 4.78 is 5.49. The van der Waals surface area contributed by atoms with Gasteiger partial charge in [0.05, 0.1) is 19.3 Å². The molecule has 0 radical (unpaired) electrons. The minimum Gasteiger partial charge on any atom is -0.378 e. The van der Waals surface area contributed by atoms with Gasteiger partial charge in [0.15, 0.2) is 0 Å². The Kier molecular flexibility index (Phi) is 4.97. The van der Waals surface area contributed by atoms with Crippen molar-refractivity contribution in [1.29, 1.82) is 0 Å². The molecule has 0 unspecified atom stereocenters. The van der Waals surface area contributed by atoms with Gasteiger partial charge in [-0.15, -0.1) is 12.4 Å². The summed E-state index contributed by atoms with van der Waals surface area (Å²) in [5.74, 6) is 0. The standard InChI is InChI=1S/C16H17NO.ClH/c1-2-4-13(5-3-1)14-6-8-15(9-7-14)16-12-18-11-10-17-16;/h1-9,16-17H,10-12H2;1H/t16-;/m0./s1. The Morgan fingerprint density at radius 1 is 0.895 bits per heavy atom. The van der Waals surface area contributed by atoms with Gasteiger partial charge in [-0.3, -0.25) is 0 Å². The van der Waals surface area contributed by atoms with E-state index in [4.69, 9.17) is 4.74 Å². The summed E-state index contributed by atoms with van der Waals surface area (Å²) >= 11 is 0. The molecule has 2 aromatic rings. The van der Waals surface area contributed by atoms with Crippen molar-refractivity contribution in [2.75, 3.05) is 19.8 Å². The highest BCUT2D eigenvalue weighted by atomic mass is 35.5. The molecule has 1 atom stereocenters. The lowest BCUT2D eigenvalue weighted by Gasteiger charge is -2.24. The average molecular weight is 276 g/mol. The quantitative estimate of drug-likeness (QED) is 0.907. The first-order chi connectivity index (χ1) is 8.93. The van der Waals surface area contributed by atoms with E-state index in [-0.39, 0.29) is 12.4 Å². The second-order valence-electron chi connectivity index (χ2n) is 4.57. The SMILES string of the molecule is Cl.c1ccc(-c2ccc([C@@H]3COCCN3)cc2)cc1.